The van der Waals surface area contributed by atoms with E-state index < -0.39 is 5.97 Å². The van der Waals surface area contributed by atoms with Crippen molar-refractivity contribution >= 4 is 12.0 Å². The lowest BCUT2D eigenvalue weighted by Gasteiger charge is -2.24. The quantitative estimate of drug-likeness (QED) is 0.667. The predicted octanol–water partition coefficient (Wildman–Crippen LogP) is 0.599. The summed E-state index contributed by atoms with van der Waals surface area (Å²) < 4.78 is 4.44. The molecule has 0 aromatic carbocycles. The van der Waals surface area contributed by atoms with Crippen LogP contribution in [-0.2, 0) is 9.53 Å². The Hall–Kier alpha value is -1.26. The van der Waals surface area contributed by atoms with Gasteiger partial charge in [0.05, 0.1) is 7.11 Å². The first-order chi connectivity index (χ1) is 6.26. The van der Waals surface area contributed by atoms with Gasteiger partial charge in [-0.05, 0) is 20.8 Å². The molecule has 0 bridgehead atoms. The lowest BCUT2D eigenvalue weighted by atomic mass is 10.1. The Morgan fingerprint density at radius 2 is 1.86 bits per heavy atom. The molecule has 0 radical (unpaired) electrons. The van der Waals surface area contributed by atoms with Crippen molar-refractivity contribution in [3.8, 4) is 0 Å². The molecule has 0 saturated carbocycles. The van der Waals surface area contributed by atoms with Crippen molar-refractivity contribution in [1.29, 1.82) is 0 Å². The van der Waals surface area contributed by atoms with Gasteiger partial charge in [-0.1, -0.05) is 0 Å². The standard InChI is InChI=1S/C9H18N2O3/c1-9(2,3)10-8(13)11(4)6-7(12)14-5/h6H2,1-5H3,(H,10,13). The fourth-order valence-electron chi connectivity index (χ4n) is 0.746. The van der Waals surface area contributed by atoms with Crippen LogP contribution in [0.4, 0.5) is 4.79 Å². The van der Waals surface area contributed by atoms with Gasteiger partial charge in [0, 0.05) is 12.6 Å². The van der Waals surface area contributed by atoms with Crippen LogP contribution in [-0.4, -0.2) is 43.1 Å². The van der Waals surface area contributed by atoms with Gasteiger partial charge in [0.15, 0.2) is 0 Å². The van der Waals surface area contributed by atoms with E-state index in [-0.39, 0.29) is 18.1 Å². The molecule has 0 saturated heterocycles. The maximum atomic E-state index is 11.4. The van der Waals surface area contributed by atoms with Gasteiger partial charge in [0.1, 0.15) is 6.54 Å². The third kappa shape index (κ3) is 5.40. The molecule has 0 rings (SSSR count). The van der Waals surface area contributed by atoms with Crippen molar-refractivity contribution in [1.82, 2.24) is 10.2 Å². The number of amides is 2. The molecule has 0 fully saturated rings. The smallest absolute Gasteiger partial charge is 0.325 e. The second-order valence-corrected chi connectivity index (χ2v) is 4.11. The Bertz CT molecular complexity index is 221. The van der Waals surface area contributed by atoms with E-state index in [2.05, 4.69) is 10.1 Å². The number of likely N-dealkylation sites (N-methyl/N-ethyl adjacent to an activating group) is 1. The predicted molar refractivity (Wildman–Crippen MR) is 52.9 cm³/mol. The summed E-state index contributed by atoms with van der Waals surface area (Å²) in [6, 6.07) is -0.289. The molecule has 0 heterocycles. The van der Waals surface area contributed by atoms with Gasteiger partial charge in [0.2, 0.25) is 0 Å². The van der Waals surface area contributed by atoms with Gasteiger partial charge < -0.3 is 15.0 Å². The molecule has 0 atom stereocenters. The van der Waals surface area contributed by atoms with Crippen LogP contribution in [0.25, 0.3) is 0 Å². The molecule has 82 valence electrons. The third-order valence-electron chi connectivity index (χ3n) is 1.42. The number of rotatable bonds is 2. The van der Waals surface area contributed by atoms with Gasteiger partial charge >= 0.3 is 12.0 Å². The molecular weight excluding hydrogens is 184 g/mol. The number of methoxy groups -OCH3 is 1. The van der Waals surface area contributed by atoms with Gasteiger partial charge in [-0.25, -0.2) is 4.79 Å². The summed E-state index contributed by atoms with van der Waals surface area (Å²) in [7, 11) is 2.83. The van der Waals surface area contributed by atoms with Crippen molar-refractivity contribution in [2.24, 2.45) is 0 Å². The zero-order valence-corrected chi connectivity index (χ0v) is 9.38. The first-order valence-corrected chi connectivity index (χ1v) is 4.36. The van der Waals surface area contributed by atoms with Gasteiger partial charge in [-0.2, -0.15) is 0 Å². The number of hydrogen-bond donors (Lipinski definition) is 1. The Morgan fingerprint density at radius 1 is 1.36 bits per heavy atom. The van der Waals surface area contributed by atoms with Gasteiger partial charge in [-0.3, -0.25) is 4.79 Å². The topological polar surface area (TPSA) is 58.6 Å². The molecule has 0 aromatic rings. The van der Waals surface area contributed by atoms with Crippen LogP contribution >= 0.6 is 0 Å². The minimum atomic E-state index is -0.434. The number of esters is 1. The van der Waals surface area contributed by atoms with Crippen LogP contribution in [0.3, 0.4) is 0 Å². The van der Waals surface area contributed by atoms with Gasteiger partial charge in [0.25, 0.3) is 0 Å². The number of carbonyl (C=O) groups is 2. The summed E-state index contributed by atoms with van der Waals surface area (Å²) in [5, 5.41) is 2.73. The lowest BCUT2D eigenvalue weighted by molar-refractivity contribution is -0.141. The van der Waals surface area contributed by atoms with E-state index in [4.69, 9.17) is 0 Å². The number of hydrogen-bond acceptors (Lipinski definition) is 3. The van der Waals surface area contributed by atoms with Crippen molar-refractivity contribution in [3.05, 3.63) is 0 Å². The SMILES string of the molecule is COC(=O)CN(C)C(=O)NC(C)(C)C. The normalized spacial score (nSPS) is 10.6. The summed E-state index contributed by atoms with van der Waals surface area (Å²) in [5.74, 6) is -0.434. The number of nitrogens with one attached hydrogen (secondary N) is 1. The van der Waals surface area contributed by atoms with Crippen LogP contribution in [0.1, 0.15) is 20.8 Å². The van der Waals surface area contributed by atoms with E-state index in [9.17, 15) is 9.59 Å². The Kier molecular flexibility index (Phi) is 4.40. The fourth-order valence-corrected chi connectivity index (χ4v) is 0.746. The third-order valence-corrected chi connectivity index (χ3v) is 1.42. The highest BCUT2D eigenvalue weighted by Crippen LogP contribution is 1.99. The molecule has 1 N–H and O–H groups in total. The van der Waals surface area contributed by atoms with E-state index >= 15 is 0 Å². The minimum Gasteiger partial charge on any atom is -0.468 e. The average Bonchev–Trinajstić information content (AvgIpc) is 2.00. The van der Waals surface area contributed by atoms with Crippen molar-refractivity contribution in [2.75, 3.05) is 20.7 Å². The highest BCUT2D eigenvalue weighted by Gasteiger charge is 2.18. The summed E-state index contributed by atoms with van der Waals surface area (Å²) in [5.41, 5.74) is -0.304. The molecule has 5 nitrogen and oxygen atoms in total. The summed E-state index contributed by atoms with van der Waals surface area (Å²) >= 11 is 0. The van der Waals surface area contributed by atoms with Crippen LogP contribution in [0.5, 0.6) is 0 Å². The molecule has 0 aliphatic rings. The molecule has 0 unspecified atom stereocenters. The molecule has 0 aliphatic carbocycles. The maximum absolute atomic E-state index is 11.4. The molecular formula is C9H18N2O3. The van der Waals surface area contributed by atoms with Gasteiger partial charge in [-0.15, -0.1) is 0 Å². The number of carbonyl (C=O) groups excluding carboxylic acids is 2. The van der Waals surface area contributed by atoms with E-state index in [1.807, 2.05) is 20.8 Å². The average molecular weight is 202 g/mol. The van der Waals surface area contributed by atoms with Crippen LogP contribution in [0.2, 0.25) is 0 Å². The maximum Gasteiger partial charge on any atom is 0.325 e. The highest BCUT2D eigenvalue weighted by molar-refractivity contribution is 5.80. The molecule has 5 heteroatoms. The van der Waals surface area contributed by atoms with E-state index in [0.717, 1.165) is 0 Å². The monoisotopic (exact) mass is 202 g/mol. The number of urea groups is 1. The highest BCUT2D eigenvalue weighted by atomic mass is 16.5. The van der Waals surface area contributed by atoms with E-state index in [1.54, 1.807) is 0 Å². The number of ether oxygens (including phenoxy) is 1. The lowest BCUT2D eigenvalue weighted by Crippen LogP contribution is -2.48. The molecule has 0 spiro atoms. The fraction of sp³-hybridized carbons (Fsp3) is 0.778. The summed E-state index contributed by atoms with van der Waals surface area (Å²) in [4.78, 5) is 23.5. The second kappa shape index (κ2) is 4.83. The Labute approximate surface area is 84.4 Å². The van der Waals surface area contributed by atoms with E-state index in [1.165, 1.54) is 19.1 Å². The first kappa shape index (κ1) is 12.7. The molecule has 2 amide bonds. The Morgan fingerprint density at radius 3 is 2.21 bits per heavy atom. The summed E-state index contributed by atoms with van der Waals surface area (Å²) in [6.45, 7) is 5.57. The van der Waals surface area contributed by atoms with Crippen LogP contribution in [0, 0.1) is 0 Å². The zero-order chi connectivity index (χ0) is 11.4. The van der Waals surface area contributed by atoms with Crippen molar-refractivity contribution < 1.29 is 14.3 Å². The van der Waals surface area contributed by atoms with Crippen LogP contribution < -0.4 is 5.32 Å². The Balaban J connectivity index is 4.07. The largest absolute Gasteiger partial charge is 0.468 e. The van der Waals surface area contributed by atoms with Crippen LogP contribution in [0.15, 0.2) is 0 Å². The van der Waals surface area contributed by atoms with Crippen molar-refractivity contribution in [3.63, 3.8) is 0 Å². The van der Waals surface area contributed by atoms with E-state index in [0.29, 0.717) is 0 Å². The second-order valence-electron chi connectivity index (χ2n) is 4.11. The van der Waals surface area contributed by atoms with Crippen molar-refractivity contribution in [2.45, 2.75) is 26.3 Å². The first-order valence-electron chi connectivity index (χ1n) is 4.36. The molecule has 0 aromatic heterocycles. The molecule has 14 heavy (non-hydrogen) atoms. The number of nitrogens with zero attached hydrogens (tertiary/aromatic N) is 1. The summed E-state index contributed by atoms with van der Waals surface area (Å²) in [6.07, 6.45) is 0. The zero-order valence-electron chi connectivity index (χ0n) is 9.38. The molecule has 0 aliphatic heterocycles. The minimum absolute atomic E-state index is 0.0432.